The van der Waals surface area contributed by atoms with Crippen LogP contribution in [0.4, 0.5) is 5.69 Å². The van der Waals surface area contributed by atoms with Crippen molar-refractivity contribution in [2.75, 3.05) is 37.0 Å². The molecule has 0 aliphatic heterocycles. The maximum absolute atomic E-state index is 12.1. The van der Waals surface area contributed by atoms with Crippen molar-refractivity contribution in [2.24, 2.45) is 0 Å². The highest BCUT2D eigenvalue weighted by atomic mass is 32.2. The highest BCUT2D eigenvalue weighted by Gasteiger charge is 2.15. The molecule has 0 radical (unpaired) electrons. The lowest BCUT2D eigenvalue weighted by Crippen LogP contribution is -2.31. The zero-order valence-electron chi connectivity index (χ0n) is 17.0. The Morgan fingerprint density at radius 3 is 2.66 bits per heavy atom. The minimum atomic E-state index is -3.45. The number of ether oxygens (including phenoxy) is 1. The summed E-state index contributed by atoms with van der Waals surface area (Å²) in [5, 5.41) is 5.75. The van der Waals surface area contributed by atoms with Gasteiger partial charge < -0.3 is 15.4 Å². The van der Waals surface area contributed by atoms with Crippen LogP contribution in [0.3, 0.4) is 0 Å². The van der Waals surface area contributed by atoms with Crippen molar-refractivity contribution in [3.8, 4) is 5.75 Å². The van der Waals surface area contributed by atoms with Crippen molar-refractivity contribution in [2.45, 2.75) is 24.5 Å². The number of carbonyl (C=O) groups is 1. The van der Waals surface area contributed by atoms with Gasteiger partial charge in [-0.15, -0.1) is 0 Å². The van der Waals surface area contributed by atoms with E-state index in [9.17, 15) is 13.2 Å². The topological polar surface area (TPSA) is 84.5 Å². The number of rotatable bonds is 11. The SMILES string of the molecule is CCOc1ccc(NCC(=O)NCCSCc2cccc(C)c2)c(S(C)(=O)=O)c1. The van der Waals surface area contributed by atoms with Gasteiger partial charge in [0.05, 0.1) is 23.7 Å². The van der Waals surface area contributed by atoms with Gasteiger partial charge >= 0.3 is 0 Å². The Hall–Kier alpha value is -2.19. The first kappa shape index (κ1) is 23.1. The van der Waals surface area contributed by atoms with Crippen molar-refractivity contribution < 1.29 is 17.9 Å². The summed E-state index contributed by atoms with van der Waals surface area (Å²) in [6, 6.07) is 13.1. The summed E-state index contributed by atoms with van der Waals surface area (Å²) in [5.41, 5.74) is 2.90. The van der Waals surface area contributed by atoms with Gasteiger partial charge in [-0.3, -0.25) is 4.79 Å². The number of benzene rings is 2. The molecule has 0 bridgehead atoms. The van der Waals surface area contributed by atoms with Gasteiger partial charge in [-0.2, -0.15) is 11.8 Å². The van der Waals surface area contributed by atoms with Crippen LogP contribution >= 0.6 is 11.8 Å². The van der Waals surface area contributed by atoms with Gasteiger partial charge in [0.15, 0.2) is 9.84 Å². The zero-order chi connectivity index (χ0) is 21.3. The van der Waals surface area contributed by atoms with E-state index in [2.05, 4.69) is 35.8 Å². The number of nitrogens with one attached hydrogen (secondary N) is 2. The molecule has 0 heterocycles. The Balaban J connectivity index is 1.78. The second-order valence-corrected chi connectivity index (χ2v) is 9.70. The third-order valence-electron chi connectivity index (χ3n) is 4.02. The van der Waals surface area contributed by atoms with Crippen LogP contribution in [0.25, 0.3) is 0 Å². The Morgan fingerprint density at radius 1 is 1.17 bits per heavy atom. The van der Waals surface area contributed by atoms with Crippen molar-refractivity contribution in [1.29, 1.82) is 0 Å². The van der Waals surface area contributed by atoms with Crippen LogP contribution in [0.15, 0.2) is 47.4 Å². The zero-order valence-corrected chi connectivity index (χ0v) is 18.7. The first-order valence-corrected chi connectivity index (χ1v) is 12.4. The number of sulfone groups is 1. The standard InChI is InChI=1S/C21H28N2O4S2/c1-4-27-18-8-9-19(20(13-18)29(3,25)26)23-14-21(24)22-10-11-28-15-17-7-5-6-16(2)12-17/h5-9,12-13,23H,4,10-11,14-15H2,1-3H3,(H,22,24). The first-order chi connectivity index (χ1) is 13.8. The van der Waals surface area contributed by atoms with Crippen LogP contribution in [0.1, 0.15) is 18.1 Å². The third-order valence-corrected chi connectivity index (χ3v) is 6.19. The Morgan fingerprint density at radius 2 is 1.97 bits per heavy atom. The molecule has 1 amide bonds. The Bertz CT molecular complexity index is 930. The summed E-state index contributed by atoms with van der Waals surface area (Å²) in [6.45, 7) is 4.90. The lowest BCUT2D eigenvalue weighted by atomic mass is 10.2. The van der Waals surface area contributed by atoms with Crippen LogP contribution in [0.2, 0.25) is 0 Å². The second-order valence-electron chi connectivity index (χ2n) is 6.61. The maximum atomic E-state index is 12.1. The van der Waals surface area contributed by atoms with E-state index in [-0.39, 0.29) is 17.3 Å². The van der Waals surface area contributed by atoms with Gasteiger partial charge in [0.25, 0.3) is 0 Å². The van der Waals surface area contributed by atoms with Crippen molar-refractivity contribution >= 4 is 33.2 Å². The van der Waals surface area contributed by atoms with Crippen LogP contribution < -0.4 is 15.4 Å². The van der Waals surface area contributed by atoms with Gasteiger partial charge in [0.2, 0.25) is 5.91 Å². The Kier molecular flexibility index (Phi) is 8.85. The van der Waals surface area contributed by atoms with E-state index in [1.54, 1.807) is 23.9 Å². The number of thioether (sulfide) groups is 1. The molecule has 2 rings (SSSR count). The van der Waals surface area contributed by atoms with E-state index in [0.29, 0.717) is 24.6 Å². The molecule has 2 aromatic rings. The molecule has 0 saturated carbocycles. The molecule has 0 aromatic heterocycles. The summed E-state index contributed by atoms with van der Waals surface area (Å²) in [7, 11) is -3.45. The lowest BCUT2D eigenvalue weighted by Gasteiger charge is -2.13. The molecule has 0 atom stereocenters. The largest absolute Gasteiger partial charge is 0.494 e. The van der Waals surface area contributed by atoms with E-state index in [1.807, 2.05) is 13.0 Å². The van der Waals surface area contributed by atoms with Gasteiger partial charge in [0.1, 0.15) is 5.75 Å². The number of anilines is 1. The fraction of sp³-hybridized carbons (Fsp3) is 0.381. The van der Waals surface area contributed by atoms with E-state index in [0.717, 1.165) is 17.8 Å². The van der Waals surface area contributed by atoms with E-state index < -0.39 is 9.84 Å². The van der Waals surface area contributed by atoms with Gasteiger partial charge in [0, 0.05) is 30.4 Å². The van der Waals surface area contributed by atoms with Gasteiger partial charge in [-0.25, -0.2) is 8.42 Å². The normalized spacial score (nSPS) is 11.1. The summed E-state index contributed by atoms with van der Waals surface area (Å²) in [6.07, 6.45) is 1.13. The summed E-state index contributed by atoms with van der Waals surface area (Å²) in [4.78, 5) is 12.2. The highest BCUT2D eigenvalue weighted by Crippen LogP contribution is 2.26. The van der Waals surface area contributed by atoms with Crippen molar-refractivity contribution in [3.63, 3.8) is 0 Å². The number of carbonyl (C=O) groups excluding carboxylic acids is 1. The predicted octanol–water partition coefficient (Wildman–Crippen LogP) is 3.26. The molecule has 2 N–H and O–H groups in total. The average Bonchev–Trinajstić information content (AvgIpc) is 2.66. The minimum absolute atomic E-state index is 0.000944. The van der Waals surface area contributed by atoms with Crippen LogP contribution in [-0.4, -0.2) is 46.0 Å². The third kappa shape index (κ3) is 7.98. The quantitative estimate of drug-likeness (QED) is 0.526. The smallest absolute Gasteiger partial charge is 0.239 e. The van der Waals surface area contributed by atoms with E-state index in [1.165, 1.54) is 17.2 Å². The summed E-state index contributed by atoms with van der Waals surface area (Å²) < 4.78 is 29.4. The molecule has 0 fully saturated rings. The van der Waals surface area contributed by atoms with Crippen molar-refractivity contribution in [1.82, 2.24) is 5.32 Å². The molecule has 158 valence electrons. The van der Waals surface area contributed by atoms with Crippen molar-refractivity contribution in [3.05, 3.63) is 53.6 Å². The lowest BCUT2D eigenvalue weighted by molar-refractivity contribution is -0.119. The number of hydrogen-bond acceptors (Lipinski definition) is 6. The predicted molar refractivity (Wildman–Crippen MR) is 120 cm³/mol. The number of hydrogen-bond donors (Lipinski definition) is 2. The molecular weight excluding hydrogens is 408 g/mol. The molecule has 0 unspecified atom stereocenters. The fourth-order valence-corrected chi connectivity index (χ4v) is 4.38. The second kappa shape index (κ2) is 11.1. The maximum Gasteiger partial charge on any atom is 0.239 e. The van der Waals surface area contributed by atoms with Gasteiger partial charge in [-0.05, 0) is 31.5 Å². The summed E-state index contributed by atoms with van der Waals surface area (Å²) in [5.74, 6) is 2.00. The number of amides is 1. The number of aryl methyl sites for hydroxylation is 1. The van der Waals surface area contributed by atoms with E-state index in [4.69, 9.17) is 4.74 Å². The van der Waals surface area contributed by atoms with Crippen LogP contribution in [0.5, 0.6) is 5.75 Å². The summed E-state index contributed by atoms with van der Waals surface area (Å²) >= 11 is 1.76. The molecule has 6 nitrogen and oxygen atoms in total. The molecule has 29 heavy (non-hydrogen) atoms. The molecule has 0 aliphatic carbocycles. The molecule has 0 aliphatic rings. The first-order valence-electron chi connectivity index (χ1n) is 9.40. The molecule has 0 spiro atoms. The molecule has 0 saturated heterocycles. The molecular formula is C21H28N2O4S2. The van der Waals surface area contributed by atoms with Gasteiger partial charge in [-0.1, -0.05) is 29.8 Å². The Labute approximate surface area is 177 Å². The minimum Gasteiger partial charge on any atom is -0.494 e. The molecule has 8 heteroatoms. The average molecular weight is 437 g/mol. The monoisotopic (exact) mass is 436 g/mol. The van der Waals surface area contributed by atoms with E-state index >= 15 is 0 Å². The van der Waals surface area contributed by atoms with Crippen LogP contribution in [0, 0.1) is 6.92 Å². The van der Waals surface area contributed by atoms with Crippen LogP contribution in [-0.2, 0) is 20.4 Å². The molecule has 2 aromatic carbocycles. The highest BCUT2D eigenvalue weighted by molar-refractivity contribution is 7.98. The fourth-order valence-electron chi connectivity index (χ4n) is 2.70.